The van der Waals surface area contributed by atoms with Gasteiger partial charge in [-0.1, -0.05) is 12.1 Å². The molecule has 2 aromatic heterocycles. The summed E-state index contributed by atoms with van der Waals surface area (Å²) in [5.41, 5.74) is 4.60. The van der Waals surface area contributed by atoms with Gasteiger partial charge in [0, 0.05) is 11.3 Å². The molecule has 0 aliphatic heterocycles. The molecule has 3 aromatic rings. The lowest BCUT2D eigenvalue weighted by Gasteiger charge is -2.17. The summed E-state index contributed by atoms with van der Waals surface area (Å²) < 4.78 is 2.08. The van der Waals surface area contributed by atoms with Gasteiger partial charge in [0.1, 0.15) is 18.5 Å². The maximum Gasteiger partial charge on any atom is 0.145 e. The number of benzene rings is 1. The second-order valence-electron chi connectivity index (χ2n) is 4.93. The van der Waals surface area contributed by atoms with E-state index in [1.54, 1.807) is 6.33 Å². The van der Waals surface area contributed by atoms with E-state index in [2.05, 4.69) is 25.6 Å². The molecule has 0 bridgehead atoms. The average Bonchev–Trinajstić information content (AvgIpc) is 2.90. The first kappa shape index (κ1) is 10.7. The number of nitrogens with zero attached hydrogens (tertiary/aromatic N) is 4. The Bertz CT molecular complexity index is 745. The van der Waals surface area contributed by atoms with Gasteiger partial charge < -0.3 is 0 Å². The van der Waals surface area contributed by atoms with Crippen molar-refractivity contribution in [3.8, 4) is 5.82 Å². The minimum Gasteiger partial charge on any atom is -0.283 e. The van der Waals surface area contributed by atoms with Crippen molar-refractivity contribution in [1.29, 1.82) is 0 Å². The van der Waals surface area contributed by atoms with E-state index >= 15 is 0 Å². The Morgan fingerprint density at radius 2 is 1.84 bits per heavy atom. The molecule has 0 saturated carbocycles. The number of hydrogen-bond donors (Lipinski definition) is 0. The first-order valence-electron chi connectivity index (χ1n) is 6.69. The monoisotopic (exact) mass is 250 g/mol. The molecule has 2 heterocycles. The highest BCUT2D eigenvalue weighted by molar-refractivity contribution is 5.77. The van der Waals surface area contributed by atoms with Gasteiger partial charge in [0.25, 0.3) is 0 Å². The molecule has 1 aromatic carbocycles. The third-order valence-corrected chi connectivity index (χ3v) is 3.78. The molecule has 0 N–H and O–H groups in total. The Balaban J connectivity index is 1.97. The molecule has 94 valence electrons. The quantitative estimate of drug-likeness (QED) is 0.667. The third-order valence-electron chi connectivity index (χ3n) is 3.78. The predicted octanol–water partition coefficient (Wildman–Crippen LogP) is 2.69. The van der Waals surface area contributed by atoms with E-state index in [9.17, 15) is 0 Å². The Hall–Kier alpha value is -2.23. The van der Waals surface area contributed by atoms with Crippen LogP contribution in [0.4, 0.5) is 0 Å². The molecule has 4 nitrogen and oxygen atoms in total. The van der Waals surface area contributed by atoms with E-state index in [0.717, 1.165) is 29.7 Å². The molecule has 4 rings (SSSR count). The van der Waals surface area contributed by atoms with E-state index in [0.29, 0.717) is 0 Å². The van der Waals surface area contributed by atoms with Crippen molar-refractivity contribution in [1.82, 2.24) is 19.5 Å². The van der Waals surface area contributed by atoms with E-state index in [1.165, 1.54) is 24.1 Å². The van der Waals surface area contributed by atoms with Gasteiger partial charge in [-0.25, -0.2) is 15.0 Å². The summed E-state index contributed by atoms with van der Waals surface area (Å²) in [6.45, 7) is 0. The van der Waals surface area contributed by atoms with Crippen LogP contribution >= 0.6 is 0 Å². The van der Waals surface area contributed by atoms with Gasteiger partial charge in [-0.2, -0.15) is 0 Å². The SMILES string of the molecule is c1ccc2c(c1)ncn2-c1ncnc2c1CCCC2. The number of para-hydroxylation sites is 2. The Kier molecular flexibility index (Phi) is 2.33. The Morgan fingerprint density at radius 3 is 2.84 bits per heavy atom. The highest BCUT2D eigenvalue weighted by atomic mass is 15.1. The number of imidazole rings is 1. The highest BCUT2D eigenvalue weighted by Crippen LogP contribution is 2.25. The predicted molar refractivity (Wildman–Crippen MR) is 73.3 cm³/mol. The molecular formula is C15H14N4. The van der Waals surface area contributed by atoms with Crippen molar-refractivity contribution in [2.24, 2.45) is 0 Å². The number of aromatic nitrogens is 4. The standard InChI is InChI=1S/C15H14N4/c1-2-6-12-11(5-1)15(17-9-16-12)19-10-18-13-7-3-4-8-14(13)19/h3-4,7-10H,1-2,5-6H2. The number of aryl methyl sites for hydroxylation is 1. The zero-order chi connectivity index (χ0) is 12.7. The second kappa shape index (κ2) is 4.16. The first-order valence-corrected chi connectivity index (χ1v) is 6.69. The molecule has 19 heavy (non-hydrogen) atoms. The first-order chi connectivity index (χ1) is 9.43. The molecule has 0 amide bonds. The van der Waals surface area contributed by atoms with E-state index in [1.807, 2.05) is 24.5 Å². The summed E-state index contributed by atoms with van der Waals surface area (Å²) in [7, 11) is 0. The van der Waals surface area contributed by atoms with Gasteiger partial charge in [-0.3, -0.25) is 4.57 Å². The fourth-order valence-electron chi connectivity index (χ4n) is 2.84. The molecule has 0 saturated heterocycles. The third kappa shape index (κ3) is 1.63. The van der Waals surface area contributed by atoms with Crippen molar-refractivity contribution >= 4 is 11.0 Å². The summed E-state index contributed by atoms with van der Waals surface area (Å²) in [5, 5.41) is 0. The van der Waals surface area contributed by atoms with Crippen LogP contribution in [-0.2, 0) is 12.8 Å². The van der Waals surface area contributed by atoms with Crippen molar-refractivity contribution in [3.63, 3.8) is 0 Å². The molecule has 4 heteroatoms. The maximum atomic E-state index is 4.50. The van der Waals surface area contributed by atoms with Crippen LogP contribution in [0.5, 0.6) is 0 Å². The largest absolute Gasteiger partial charge is 0.283 e. The highest BCUT2D eigenvalue weighted by Gasteiger charge is 2.17. The van der Waals surface area contributed by atoms with Crippen LogP contribution in [0.1, 0.15) is 24.1 Å². The van der Waals surface area contributed by atoms with Crippen LogP contribution in [0.15, 0.2) is 36.9 Å². The molecule has 0 spiro atoms. The maximum absolute atomic E-state index is 4.50. The minimum atomic E-state index is 0.999. The lowest BCUT2D eigenvalue weighted by atomic mass is 9.96. The molecule has 1 aliphatic rings. The van der Waals surface area contributed by atoms with Gasteiger partial charge in [0.15, 0.2) is 0 Å². The molecule has 1 aliphatic carbocycles. The zero-order valence-corrected chi connectivity index (χ0v) is 10.6. The van der Waals surface area contributed by atoms with Crippen molar-refractivity contribution in [3.05, 3.63) is 48.2 Å². The Labute approximate surface area is 111 Å². The van der Waals surface area contributed by atoms with Gasteiger partial charge in [-0.15, -0.1) is 0 Å². The second-order valence-corrected chi connectivity index (χ2v) is 4.93. The minimum absolute atomic E-state index is 0.999. The summed E-state index contributed by atoms with van der Waals surface area (Å²) in [4.78, 5) is 13.4. The molecule has 0 unspecified atom stereocenters. The molecule has 0 atom stereocenters. The number of fused-ring (bicyclic) bond motifs is 2. The lowest BCUT2D eigenvalue weighted by Crippen LogP contribution is -2.11. The summed E-state index contributed by atoms with van der Waals surface area (Å²) in [6, 6.07) is 8.16. The molecular weight excluding hydrogens is 236 g/mol. The van der Waals surface area contributed by atoms with Gasteiger partial charge in [0.2, 0.25) is 0 Å². The van der Waals surface area contributed by atoms with Gasteiger partial charge in [-0.05, 0) is 37.8 Å². The number of rotatable bonds is 1. The fourth-order valence-corrected chi connectivity index (χ4v) is 2.84. The van der Waals surface area contributed by atoms with Crippen LogP contribution in [0.25, 0.3) is 16.9 Å². The summed E-state index contributed by atoms with van der Waals surface area (Å²) >= 11 is 0. The van der Waals surface area contributed by atoms with Crippen LogP contribution in [0.2, 0.25) is 0 Å². The van der Waals surface area contributed by atoms with Crippen LogP contribution in [0, 0.1) is 0 Å². The smallest absolute Gasteiger partial charge is 0.145 e. The zero-order valence-electron chi connectivity index (χ0n) is 10.6. The Morgan fingerprint density at radius 1 is 0.947 bits per heavy atom. The van der Waals surface area contributed by atoms with E-state index in [-0.39, 0.29) is 0 Å². The van der Waals surface area contributed by atoms with Crippen LogP contribution in [0.3, 0.4) is 0 Å². The van der Waals surface area contributed by atoms with Crippen molar-refractivity contribution in [2.45, 2.75) is 25.7 Å². The lowest BCUT2D eigenvalue weighted by molar-refractivity contribution is 0.656. The van der Waals surface area contributed by atoms with Crippen LogP contribution < -0.4 is 0 Å². The number of hydrogen-bond acceptors (Lipinski definition) is 3. The summed E-state index contributed by atoms with van der Waals surface area (Å²) in [6.07, 6.45) is 8.12. The fraction of sp³-hybridized carbons (Fsp3) is 0.267. The van der Waals surface area contributed by atoms with Gasteiger partial charge in [0.05, 0.1) is 11.0 Å². The molecule has 0 fully saturated rings. The molecule has 0 radical (unpaired) electrons. The van der Waals surface area contributed by atoms with Crippen molar-refractivity contribution in [2.75, 3.05) is 0 Å². The summed E-state index contributed by atoms with van der Waals surface area (Å²) in [5.74, 6) is 0.999. The van der Waals surface area contributed by atoms with Crippen LogP contribution in [-0.4, -0.2) is 19.5 Å². The van der Waals surface area contributed by atoms with E-state index < -0.39 is 0 Å². The average molecular weight is 250 g/mol. The van der Waals surface area contributed by atoms with Crippen molar-refractivity contribution < 1.29 is 0 Å². The van der Waals surface area contributed by atoms with E-state index in [4.69, 9.17) is 0 Å². The normalized spacial score (nSPS) is 14.5. The topological polar surface area (TPSA) is 43.6 Å². The van der Waals surface area contributed by atoms with Gasteiger partial charge >= 0.3 is 0 Å².